The minimum Gasteiger partial charge on any atom is -0.389 e. The van der Waals surface area contributed by atoms with E-state index in [4.69, 9.17) is 0 Å². The summed E-state index contributed by atoms with van der Waals surface area (Å²) in [5, 5.41) is 10.5. The summed E-state index contributed by atoms with van der Waals surface area (Å²) in [6.45, 7) is 7.03. The lowest BCUT2D eigenvalue weighted by molar-refractivity contribution is -0.112. The zero-order valence-electron chi connectivity index (χ0n) is 19.7. The topological polar surface area (TPSA) is 100 Å². The van der Waals surface area contributed by atoms with E-state index >= 15 is 0 Å². The molecule has 0 aliphatic heterocycles. The van der Waals surface area contributed by atoms with Crippen molar-refractivity contribution in [1.82, 2.24) is 9.97 Å². The molecule has 0 aliphatic carbocycles. The quantitative estimate of drug-likeness (QED) is 0.548. The third kappa shape index (κ3) is 7.30. The summed E-state index contributed by atoms with van der Waals surface area (Å²) in [7, 11) is -2.24. The van der Waals surface area contributed by atoms with Crippen molar-refractivity contribution in [2.24, 2.45) is 0 Å². The molecule has 2 aromatic rings. The largest absolute Gasteiger partial charge is 0.389 e. The molecule has 0 bridgehead atoms. The molecule has 0 fully saturated rings. The molecule has 0 radical (unpaired) electrons. The molecular weight excluding hydrogens is 445 g/mol. The van der Waals surface area contributed by atoms with Gasteiger partial charge in [-0.05, 0) is 56.5 Å². The second-order valence-corrected chi connectivity index (χ2v) is 10.3. The number of rotatable bonds is 9. The summed E-state index contributed by atoms with van der Waals surface area (Å²) in [5.74, 6) is -0.609. The minimum absolute atomic E-state index is 0.00143. The molecule has 0 spiro atoms. The number of nitrogens with zero attached hydrogens (tertiary/aromatic N) is 3. The number of aromatic nitrogens is 2. The first kappa shape index (κ1) is 26.3. The molecule has 178 valence electrons. The molecule has 1 aromatic heterocycles. The van der Waals surface area contributed by atoms with Gasteiger partial charge in [0.15, 0.2) is 5.78 Å². The number of sulfonamides is 1. The predicted octanol–water partition coefficient (Wildman–Crippen LogP) is 4.10. The first-order valence-corrected chi connectivity index (χ1v) is 12.3. The number of hydrogen-bond donors (Lipinski definition) is 1. The summed E-state index contributed by atoms with van der Waals surface area (Å²) in [4.78, 5) is 20.2. The number of allylic oxidation sites excluding steroid dienone is 1. The van der Waals surface area contributed by atoms with E-state index in [0.717, 1.165) is 16.1 Å². The zero-order valence-corrected chi connectivity index (χ0v) is 20.5. The second kappa shape index (κ2) is 10.8. The van der Waals surface area contributed by atoms with Crippen molar-refractivity contribution in [2.75, 3.05) is 17.6 Å². The van der Waals surface area contributed by atoms with Crippen molar-refractivity contribution in [3.63, 3.8) is 0 Å². The normalized spacial score (nSPS) is 13.5. The molecule has 1 atom stereocenters. The van der Waals surface area contributed by atoms with Crippen LogP contribution in [-0.2, 0) is 14.8 Å². The third-order valence-electron chi connectivity index (χ3n) is 4.87. The number of anilines is 1. The first-order chi connectivity index (χ1) is 15.3. The summed E-state index contributed by atoms with van der Waals surface area (Å²) >= 11 is 0. The fraction of sp³-hybridized carbons (Fsp3) is 0.375. The molecule has 1 heterocycles. The summed E-state index contributed by atoms with van der Waals surface area (Å²) < 4.78 is 38.7. The van der Waals surface area contributed by atoms with Gasteiger partial charge in [-0.3, -0.25) is 4.79 Å². The number of aliphatic hydroxyl groups is 1. The Hall–Kier alpha value is -2.91. The number of ketones is 1. The molecule has 33 heavy (non-hydrogen) atoms. The lowest BCUT2D eigenvalue weighted by atomic mass is 9.97. The number of halogens is 1. The van der Waals surface area contributed by atoms with E-state index in [2.05, 4.69) is 9.97 Å². The molecule has 2 rings (SSSR count). The molecule has 0 saturated carbocycles. The van der Waals surface area contributed by atoms with Crippen LogP contribution in [0.5, 0.6) is 0 Å². The van der Waals surface area contributed by atoms with Gasteiger partial charge in [0.2, 0.25) is 16.0 Å². The number of benzene rings is 1. The van der Waals surface area contributed by atoms with E-state index in [9.17, 15) is 22.7 Å². The van der Waals surface area contributed by atoms with Gasteiger partial charge in [0.25, 0.3) is 0 Å². The highest BCUT2D eigenvalue weighted by molar-refractivity contribution is 7.92. The number of aliphatic hydroxyl groups excluding tert-OH is 1. The molecule has 1 aromatic carbocycles. The van der Waals surface area contributed by atoms with E-state index in [1.54, 1.807) is 31.2 Å². The molecule has 0 saturated heterocycles. The molecule has 7 nitrogen and oxygen atoms in total. The molecular formula is C24H30FN3O4S. The first-order valence-electron chi connectivity index (χ1n) is 10.4. The van der Waals surface area contributed by atoms with Gasteiger partial charge in [-0.15, -0.1) is 0 Å². The maximum atomic E-state index is 13.5. The van der Waals surface area contributed by atoms with Gasteiger partial charge in [0.1, 0.15) is 5.82 Å². The van der Waals surface area contributed by atoms with Crippen LogP contribution in [-0.4, -0.2) is 48.7 Å². The Morgan fingerprint density at radius 2 is 1.79 bits per heavy atom. The lowest BCUT2D eigenvalue weighted by Gasteiger charge is -2.20. The SMILES string of the molecule is CC(=O)/C=C(\C)C[C@H](O)/C=C/c1c(-c2ccc(F)cc2)nc(N(C)S(C)(=O)=O)nc1C(C)C. The van der Waals surface area contributed by atoms with E-state index < -0.39 is 21.9 Å². The average Bonchev–Trinajstić information content (AvgIpc) is 2.70. The maximum absolute atomic E-state index is 13.5. The maximum Gasteiger partial charge on any atom is 0.239 e. The Bertz CT molecular complexity index is 1170. The molecule has 0 unspecified atom stereocenters. The Labute approximate surface area is 194 Å². The van der Waals surface area contributed by atoms with Crippen molar-refractivity contribution in [3.05, 3.63) is 59.1 Å². The Morgan fingerprint density at radius 3 is 2.30 bits per heavy atom. The number of carbonyl (C=O) groups excluding carboxylic acids is 1. The van der Waals surface area contributed by atoms with Gasteiger partial charge in [0.05, 0.1) is 23.7 Å². The average molecular weight is 476 g/mol. The van der Waals surface area contributed by atoms with Crippen LogP contribution in [0.3, 0.4) is 0 Å². The summed E-state index contributed by atoms with van der Waals surface area (Å²) in [5.41, 5.74) is 2.90. The van der Waals surface area contributed by atoms with Crippen molar-refractivity contribution in [3.8, 4) is 11.3 Å². The highest BCUT2D eigenvalue weighted by Crippen LogP contribution is 2.31. The smallest absolute Gasteiger partial charge is 0.239 e. The molecule has 0 amide bonds. The second-order valence-electron chi connectivity index (χ2n) is 8.30. The molecule has 1 N–H and O–H groups in total. The van der Waals surface area contributed by atoms with Crippen LogP contribution in [0.1, 0.15) is 51.3 Å². The highest BCUT2D eigenvalue weighted by atomic mass is 32.2. The van der Waals surface area contributed by atoms with Crippen LogP contribution in [0.15, 0.2) is 42.0 Å². The van der Waals surface area contributed by atoms with Gasteiger partial charge in [0, 0.05) is 18.2 Å². The van der Waals surface area contributed by atoms with E-state index in [1.165, 1.54) is 32.2 Å². The standard InChI is InChI=1S/C24H30FN3O4S/c1-15(2)22-21(12-11-20(30)14-16(3)13-17(4)29)23(18-7-9-19(25)10-8-18)27-24(26-22)28(5)33(6,31)32/h7-13,15,20,30H,14H2,1-6H3/b12-11+,16-13+/t20-/m1/s1. The van der Waals surface area contributed by atoms with Gasteiger partial charge < -0.3 is 5.11 Å². The van der Waals surface area contributed by atoms with Gasteiger partial charge >= 0.3 is 0 Å². The van der Waals surface area contributed by atoms with Crippen LogP contribution in [0, 0.1) is 5.82 Å². The van der Waals surface area contributed by atoms with Crippen LogP contribution in [0.4, 0.5) is 10.3 Å². The van der Waals surface area contributed by atoms with E-state index in [-0.39, 0.29) is 24.1 Å². The highest BCUT2D eigenvalue weighted by Gasteiger charge is 2.22. The molecule has 9 heteroatoms. The monoisotopic (exact) mass is 475 g/mol. The van der Waals surface area contributed by atoms with E-state index in [0.29, 0.717) is 22.5 Å². The van der Waals surface area contributed by atoms with E-state index in [1.807, 2.05) is 13.8 Å². The van der Waals surface area contributed by atoms with Crippen molar-refractivity contribution < 1.29 is 22.7 Å². The Balaban J connectivity index is 2.66. The van der Waals surface area contributed by atoms with Gasteiger partial charge in [-0.1, -0.05) is 31.6 Å². The van der Waals surface area contributed by atoms with Crippen molar-refractivity contribution in [2.45, 2.75) is 46.1 Å². The van der Waals surface area contributed by atoms with Crippen LogP contribution in [0.25, 0.3) is 17.3 Å². The van der Waals surface area contributed by atoms with Gasteiger partial charge in [-0.25, -0.2) is 27.1 Å². The van der Waals surface area contributed by atoms with Crippen molar-refractivity contribution in [1.29, 1.82) is 0 Å². The van der Waals surface area contributed by atoms with Gasteiger partial charge in [-0.2, -0.15) is 0 Å². The number of carbonyl (C=O) groups is 1. The molecule has 0 aliphatic rings. The third-order valence-corrected chi connectivity index (χ3v) is 6.03. The summed E-state index contributed by atoms with van der Waals surface area (Å²) in [6, 6.07) is 5.70. The van der Waals surface area contributed by atoms with Crippen LogP contribution >= 0.6 is 0 Å². The van der Waals surface area contributed by atoms with Crippen LogP contribution < -0.4 is 4.31 Å². The number of hydrogen-bond acceptors (Lipinski definition) is 6. The lowest BCUT2D eigenvalue weighted by Crippen LogP contribution is -2.27. The fourth-order valence-electron chi connectivity index (χ4n) is 3.21. The van der Waals surface area contributed by atoms with Crippen LogP contribution in [0.2, 0.25) is 0 Å². The predicted molar refractivity (Wildman–Crippen MR) is 129 cm³/mol. The zero-order chi connectivity index (χ0) is 24.9. The minimum atomic E-state index is -3.61. The fourth-order valence-corrected chi connectivity index (χ4v) is 3.59. The van der Waals surface area contributed by atoms with Crippen molar-refractivity contribution >= 4 is 27.8 Å². The Kier molecular flexibility index (Phi) is 8.63. The summed E-state index contributed by atoms with van der Waals surface area (Å²) in [6.07, 6.45) is 5.21. The Morgan fingerprint density at radius 1 is 1.18 bits per heavy atom.